The Hall–Kier alpha value is -1.39. The summed E-state index contributed by atoms with van der Waals surface area (Å²) >= 11 is 0. The van der Waals surface area contributed by atoms with Gasteiger partial charge in [0.2, 0.25) is 0 Å². The molecule has 0 saturated heterocycles. The Labute approximate surface area is 578 Å². The van der Waals surface area contributed by atoms with E-state index < -0.39 is 0 Å². The zero-order valence-corrected chi connectivity index (χ0v) is 63.8. The van der Waals surface area contributed by atoms with E-state index in [0.29, 0.717) is 5.78 Å². The van der Waals surface area contributed by atoms with Crippen LogP contribution in [0.2, 0.25) is 0 Å². The van der Waals surface area contributed by atoms with Crippen molar-refractivity contribution in [2.24, 2.45) is 23.7 Å². The van der Waals surface area contributed by atoms with Gasteiger partial charge in [-0.25, -0.2) is 0 Å². The number of rotatable bonds is 79. The minimum absolute atomic E-state index is 0.213. The van der Waals surface area contributed by atoms with Crippen molar-refractivity contribution in [2.45, 2.75) is 509 Å². The number of hydrogen-bond donors (Lipinski definition) is 0. The van der Waals surface area contributed by atoms with Crippen LogP contribution in [0.3, 0.4) is 0 Å². The standard InChI is InChI=1S/C87H168O5/c1-6-8-10-12-14-16-18-20-22-24-25-26-27-28-29-34-40-46-52-58-64-70-76-84(87(90)91-5)86(92-81(4)88)78-72-66-60-54-48-42-36-39-45-51-57-63-69-75-83-79-82(83)74-68-62-56-50-44-38-33-30-31-35-41-47-53-59-65-71-77-85(89)80(3)73-67-61-55-49-43-37-32-23-21-19-17-15-13-11-9-7-2/h80,82-84,86H,6-79H2,1-5H3/t80-,82+,83-,84+,86+/m0/s1. The van der Waals surface area contributed by atoms with Crippen molar-refractivity contribution >= 4 is 17.7 Å². The van der Waals surface area contributed by atoms with Gasteiger partial charge in [0.15, 0.2) is 0 Å². The fourth-order valence-corrected chi connectivity index (χ4v) is 15.4. The van der Waals surface area contributed by atoms with Crippen LogP contribution in [-0.4, -0.2) is 30.9 Å². The molecule has 0 heterocycles. The number of esters is 2. The highest BCUT2D eigenvalue weighted by Crippen LogP contribution is 2.46. The van der Waals surface area contributed by atoms with Crippen molar-refractivity contribution in [1.29, 1.82) is 0 Å². The van der Waals surface area contributed by atoms with Gasteiger partial charge in [0.25, 0.3) is 0 Å². The van der Waals surface area contributed by atoms with Gasteiger partial charge in [-0.1, -0.05) is 451 Å². The highest BCUT2D eigenvalue weighted by molar-refractivity contribution is 5.80. The summed E-state index contributed by atoms with van der Waals surface area (Å²) in [6, 6.07) is 0. The first-order valence-corrected chi connectivity index (χ1v) is 43.1. The smallest absolute Gasteiger partial charge is 0.312 e. The minimum Gasteiger partial charge on any atom is -0.469 e. The molecule has 0 radical (unpaired) electrons. The number of ether oxygens (including phenoxy) is 2. The highest BCUT2D eigenvalue weighted by atomic mass is 16.6. The summed E-state index contributed by atoms with van der Waals surface area (Å²) in [6.07, 6.45) is 100. The van der Waals surface area contributed by atoms with Crippen LogP contribution in [0.4, 0.5) is 0 Å². The van der Waals surface area contributed by atoms with Crippen molar-refractivity contribution in [3.05, 3.63) is 0 Å². The molecule has 0 aromatic rings. The number of hydrogen-bond acceptors (Lipinski definition) is 5. The molecule has 0 spiro atoms. The largest absolute Gasteiger partial charge is 0.469 e. The molecule has 1 aliphatic rings. The number of methoxy groups -OCH3 is 1. The van der Waals surface area contributed by atoms with Crippen molar-refractivity contribution < 1.29 is 23.9 Å². The quantitative estimate of drug-likeness (QED) is 0.0448. The zero-order chi connectivity index (χ0) is 66.4. The molecule has 0 aromatic carbocycles. The number of unbranched alkanes of at least 4 members (excludes halogenated alkanes) is 63. The molecule has 92 heavy (non-hydrogen) atoms. The number of ketones is 1. The molecule has 5 atom stereocenters. The van der Waals surface area contributed by atoms with Crippen molar-refractivity contribution in [3.8, 4) is 0 Å². The van der Waals surface area contributed by atoms with Crippen LogP contribution in [0.15, 0.2) is 0 Å². The molecule has 1 rings (SSSR count). The van der Waals surface area contributed by atoms with E-state index in [9.17, 15) is 14.4 Å². The molecule has 1 fully saturated rings. The summed E-state index contributed by atoms with van der Waals surface area (Å²) in [5, 5.41) is 0. The monoisotopic (exact) mass is 1290 g/mol. The molecule has 0 N–H and O–H groups in total. The second-order valence-electron chi connectivity index (χ2n) is 31.1. The third-order valence-corrected chi connectivity index (χ3v) is 22.1. The highest BCUT2D eigenvalue weighted by Gasteiger charge is 2.35. The van der Waals surface area contributed by atoms with Gasteiger partial charge in [-0.3, -0.25) is 14.4 Å². The van der Waals surface area contributed by atoms with Crippen LogP contribution >= 0.6 is 0 Å². The van der Waals surface area contributed by atoms with E-state index in [4.69, 9.17) is 9.47 Å². The maximum atomic E-state index is 12.9. The molecule has 0 aliphatic heterocycles. The Morgan fingerprint density at radius 1 is 0.304 bits per heavy atom. The lowest BCUT2D eigenvalue weighted by atomic mass is 9.91. The van der Waals surface area contributed by atoms with Gasteiger partial charge in [0.05, 0.1) is 13.0 Å². The van der Waals surface area contributed by atoms with E-state index in [-0.39, 0.29) is 29.9 Å². The average Bonchev–Trinajstić information content (AvgIpc) is 2.52. The van der Waals surface area contributed by atoms with Gasteiger partial charge in [-0.15, -0.1) is 0 Å². The van der Waals surface area contributed by atoms with Crippen molar-refractivity contribution in [3.63, 3.8) is 0 Å². The van der Waals surface area contributed by atoms with E-state index >= 15 is 0 Å². The van der Waals surface area contributed by atoms with Crippen LogP contribution in [-0.2, 0) is 23.9 Å². The predicted octanol–water partition coefficient (Wildman–Crippen LogP) is 30.1. The molecule has 0 amide bonds. The fraction of sp³-hybridized carbons (Fsp3) is 0.966. The van der Waals surface area contributed by atoms with Gasteiger partial charge in [0.1, 0.15) is 11.9 Å². The number of carbonyl (C=O) groups is 3. The van der Waals surface area contributed by atoms with Crippen molar-refractivity contribution in [2.75, 3.05) is 7.11 Å². The SMILES string of the molecule is CCCCCCCCCCCCCCCCCCCCCCCC[C@@H](C(=O)OC)[C@@H](CCCCCCCCCCCCCCC[C@H]1C[C@H]1CCCCCCCCCCCCCCCCCCC(=O)[C@@H](C)CCCCCCCCCCCCCCCCCC)OC(C)=O. The summed E-state index contributed by atoms with van der Waals surface area (Å²) in [7, 11) is 1.48. The molecule has 1 saturated carbocycles. The Bertz CT molecular complexity index is 1490. The summed E-state index contributed by atoms with van der Waals surface area (Å²) in [5.74, 6) is 2.11. The van der Waals surface area contributed by atoms with Gasteiger partial charge < -0.3 is 9.47 Å². The Balaban J connectivity index is 1.84. The van der Waals surface area contributed by atoms with E-state index in [2.05, 4.69) is 20.8 Å². The first-order valence-electron chi connectivity index (χ1n) is 43.1. The molecule has 0 aromatic heterocycles. The molecular weight excluding hydrogens is 1120 g/mol. The molecule has 0 bridgehead atoms. The summed E-state index contributed by atoms with van der Waals surface area (Å²) in [4.78, 5) is 37.7. The lowest BCUT2D eigenvalue weighted by molar-refractivity contribution is -0.160. The summed E-state index contributed by atoms with van der Waals surface area (Å²) in [5.41, 5.74) is 0. The normalized spacial score (nSPS) is 14.9. The van der Waals surface area contributed by atoms with E-state index in [0.717, 1.165) is 69.6 Å². The molecule has 1 aliphatic carbocycles. The Morgan fingerprint density at radius 3 is 0.793 bits per heavy atom. The van der Waals surface area contributed by atoms with E-state index in [1.54, 1.807) is 0 Å². The van der Waals surface area contributed by atoms with Crippen LogP contribution in [0, 0.1) is 23.7 Å². The van der Waals surface area contributed by atoms with Crippen LogP contribution in [0.1, 0.15) is 503 Å². The fourth-order valence-electron chi connectivity index (χ4n) is 15.4. The first-order chi connectivity index (χ1) is 45.3. The molecule has 0 unspecified atom stereocenters. The van der Waals surface area contributed by atoms with Crippen LogP contribution < -0.4 is 0 Å². The molecule has 5 nitrogen and oxygen atoms in total. The third kappa shape index (κ3) is 63.4. The molecule has 5 heteroatoms. The second-order valence-corrected chi connectivity index (χ2v) is 31.1. The number of Topliss-reactive ketones (excluding diaryl/α,β-unsaturated/α-hetero) is 1. The Kier molecular flexibility index (Phi) is 69.7. The van der Waals surface area contributed by atoms with E-state index in [1.807, 2.05) is 0 Å². The van der Waals surface area contributed by atoms with Gasteiger partial charge >= 0.3 is 11.9 Å². The summed E-state index contributed by atoms with van der Waals surface area (Å²) in [6.45, 7) is 8.27. The van der Waals surface area contributed by atoms with Crippen LogP contribution in [0.25, 0.3) is 0 Å². The van der Waals surface area contributed by atoms with E-state index in [1.165, 1.54) is 431 Å². The second kappa shape index (κ2) is 72.4. The topological polar surface area (TPSA) is 69.7 Å². The van der Waals surface area contributed by atoms with Gasteiger partial charge in [0, 0.05) is 19.3 Å². The number of carbonyl (C=O) groups excluding carboxylic acids is 3. The molecular formula is C87H168O5. The first kappa shape index (κ1) is 88.6. The zero-order valence-electron chi connectivity index (χ0n) is 63.8. The lowest BCUT2D eigenvalue weighted by Gasteiger charge is -2.25. The Morgan fingerprint density at radius 2 is 0.533 bits per heavy atom. The van der Waals surface area contributed by atoms with Crippen molar-refractivity contribution in [1.82, 2.24) is 0 Å². The predicted molar refractivity (Wildman–Crippen MR) is 405 cm³/mol. The van der Waals surface area contributed by atoms with Gasteiger partial charge in [-0.2, -0.15) is 0 Å². The summed E-state index contributed by atoms with van der Waals surface area (Å²) < 4.78 is 11.0. The molecule has 546 valence electrons. The average molecular weight is 1290 g/mol. The maximum Gasteiger partial charge on any atom is 0.312 e. The maximum absolute atomic E-state index is 12.9. The lowest BCUT2D eigenvalue weighted by Crippen LogP contribution is -2.33. The third-order valence-electron chi connectivity index (χ3n) is 22.1. The minimum atomic E-state index is -0.363. The van der Waals surface area contributed by atoms with Gasteiger partial charge in [-0.05, 0) is 50.4 Å². The van der Waals surface area contributed by atoms with Crippen LogP contribution in [0.5, 0.6) is 0 Å².